The lowest BCUT2D eigenvalue weighted by atomic mass is 9.76. The van der Waals surface area contributed by atoms with Crippen LogP contribution in [0.3, 0.4) is 0 Å². The Hall–Kier alpha value is -6.90. The summed E-state index contributed by atoms with van der Waals surface area (Å²) in [6.07, 6.45) is 30.1. The predicted molar refractivity (Wildman–Crippen MR) is 351 cm³/mol. The molecule has 2 heteroatoms. The number of phenolic OH excluding ortho intramolecular Hbond substituents is 2. The maximum absolute atomic E-state index is 11.4. The minimum Gasteiger partial charge on any atom is -0.508 e. The zero-order chi connectivity index (χ0) is 56.4. The zero-order valence-electron chi connectivity index (χ0n) is 50.0. The van der Waals surface area contributed by atoms with Crippen molar-refractivity contribution in [3.63, 3.8) is 0 Å². The van der Waals surface area contributed by atoms with Crippen LogP contribution >= 0.6 is 0 Å². The molecule has 0 aliphatic heterocycles. The number of aryl methyl sites for hydroxylation is 4. The smallest absolute Gasteiger partial charge is 0.115 e. The fourth-order valence-electron chi connectivity index (χ4n) is 14.3. The summed E-state index contributed by atoms with van der Waals surface area (Å²) in [5, 5.41) is 27.9. The van der Waals surface area contributed by atoms with Crippen molar-refractivity contribution in [1.82, 2.24) is 0 Å². The molecule has 422 valence electrons. The van der Waals surface area contributed by atoms with Gasteiger partial charge in [0.25, 0.3) is 0 Å². The lowest BCUT2D eigenvalue weighted by molar-refractivity contribution is 0.474. The summed E-state index contributed by atoms with van der Waals surface area (Å²) >= 11 is 0. The number of rotatable bonds is 28. The van der Waals surface area contributed by atoms with Crippen LogP contribution < -0.4 is 0 Å². The topological polar surface area (TPSA) is 40.5 Å². The Morgan fingerprint density at radius 3 is 0.951 bits per heavy atom. The number of benzene rings is 9. The van der Waals surface area contributed by atoms with Crippen molar-refractivity contribution >= 4 is 21.5 Å². The van der Waals surface area contributed by atoms with Crippen LogP contribution in [0.1, 0.15) is 224 Å². The fraction of sp³-hybridized carbons (Fsp3) is 0.375. The van der Waals surface area contributed by atoms with Crippen molar-refractivity contribution in [2.75, 3.05) is 0 Å². The van der Waals surface area contributed by atoms with E-state index in [1.54, 1.807) is 0 Å². The zero-order valence-corrected chi connectivity index (χ0v) is 50.0. The summed E-state index contributed by atoms with van der Waals surface area (Å²) in [5.41, 5.74) is 22.9. The van der Waals surface area contributed by atoms with Gasteiger partial charge in [-0.3, -0.25) is 0 Å². The first-order valence-electron chi connectivity index (χ1n) is 32.5. The summed E-state index contributed by atoms with van der Waals surface area (Å²) in [5.74, 6) is 0.414. The number of phenols is 2. The average Bonchev–Trinajstić information content (AvgIpc) is 2.69. The van der Waals surface area contributed by atoms with Crippen LogP contribution in [0.25, 0.3) is 66.1 Å². The molecule has 0 bridgehead atoms. The molecular formula is C80H90O2. The molecular weight excluding hydrogens is 993 g/mol. The molecule has 0 heterocycles. The van der Waals surface area contributed by atoms with Gasteiger partial charge in [-0.25, -0.2) is 0 Å². The van der Waals surface area contributed by atoms with Gasteiger partial charge in [-0.1, -0.05) is 264 Å². The minimum absolute atomic E-state index is 0.0963. The van der Waals surface area contributed by atoms with Crippen LogP contribution in [-0.2, 0) is 25.7 Å². The van der Waals surface area contributed by atoms with Gasteiger partial charge < -0.3 is 10.2 Å². The Kier molecular flexibility index (Phi) is 18.7. The summed E-state index contributed by atoms with van der Waals surface area (Å²) in [4.78, 5) is 0. The molecule has 2 nitrogen and oxygen atoms in total. The molecule has 0 radical (unpaired) electrons. The van der Waals surface area contributed by atoms with Gasteiger partial charge in [0.1, 0.15) is 11.5 Å². The van der Waals surface area contributed by atoms with E-state index in [2.05, 4.69) is 161 Å². The number of unbranched alkanes of at least 4 members (excludes halogenated alkanes) is 16. The van der Waals surface area contributed by atoms with Gasteiger partial charge in [0.15, 0.2) is 0 Å². The Morgan fingerprint density at radius 2 is 0.598 bits per heavy atom. The molecule has 11 rings (SSSR count). The fourth-order valence-corrected chi connectivity index (χ4v) is 14.3. The normalized spacial score (nSPS) is 14.1. The van der Waals surface area contributed by atoms with Crippen LogP contribution in [0, 0.1) is 0 Å². The van der Waals surface area contributed by atoms with Crippen molar-refractivity contribution in [2.45, 2.75) is 194 Å². The molecule has 0 amide bonds. The number of aromatic hydroxyl groups is 2. The van der Waals surface area contributed by atoms with E-state index in [9.17, 15) is 10.2 Å². The van der Waals surface area contributed by atoms with Crippen LogP contribution in [0.4, 0.5) is 0 Å². The first-order chi connectivity index (χ1) is 40.4. The number of fused-ring (bicyclic) bond motifs is 10. The first-order valence-corrected chi connectivity index (χ1v) is 32.5. The van der Waals surface area contributed by atoms with Gasteiger partial charge >= 0.3 is 0 Å². The van der Waals surface area contributed by atoms with Crippen molar-refractivity contribution in [3.8, 4) is 56.0 Å². The Balaban J connectivity index is 1.12. The molecule has 2 aliphatic rings. The van der Waals surface area contributed by atoms with E-state index in [0.717, 1.165) is 49.7 Å². The van der Waals surface area contributed by atoms with E-state index < -0.39 is 0 Å². The molecule has 0 saturated carbocycles. The van der Waals surface area contributed by atoms with E-state index in [4.69, 9.17) is 0 Å². The molecule has 2 aliphatic carbocycles. The third-order valence-corrected chi connectivity index (χ3v) is 18.8. The monoisotopic (exact) mass is 1080 g/mol. The van der Waals surface area contributed by atoms with Crippen molar-refractivity contribution in [2.24, 2.45) is 0 Å². The number of hydrogen-bond acceptors (Lipinski definition) is 2. The van der Waals surface area contributed by atoms with Crippen LogP contribution in [0.5, 0.6) is 11.5 Å². The SMILES string of the molecule is CCCCCCCCCCc1ccc(C2c3cc(O)ccc3-c3ccc4c(-c5ccc(CCCC)cc5)c5c6c(ccc5c(-c5ccc(CCCC)cc5)c4c32)-c2ccc(O)cc2C6c2ccc(CCCCCCCCCC)cc2)cc1. The maximum atomic E-state index is 11.4. The van der Waals surface area contributed by atoms with Gasteiger partial charge in [-0.2, -0.15) is 0 Å². The van der Waals surface area contributed by atoms with Gasteiger partial charge in [0.2, 0.25) is 0 Å². The van der Waals surface area contributed by atoms with Crippen LogP contribution in [0.2, 0.25) is 0 Å². The highest BCUT2D eigenvalue weighted by Gasteiger charge is 2.38. The van der Waals surface area contributed by atoms with E-state index in [1.165, 1.54) is 226 Å². The largest absolute Gasteiger partial charge is 0.508 e. The molecule has 2 unspecified atom stereocenters. The minimum atomic E-state index is -0.0963. The number of hydrogen-bond donors (Lipinski definition) is 2. The van der Waals surface area contributed by atoms with Crippen LogP contribution in [-0.4, -0.2) is 10.2 Å². The summed E-state index contributed by atoms with van der Waals surface area (Å²) in [6.45, 7) is 9.16. The van der Waals surface area contributed by atoms with E-state index in [0.29, 0.717) is 11.5 Å². The van der Waals surface area contributed by atoms with Gasteiger partial charge in [0.05, 0.1) is 0 Å². The van der Waals surface area contributed by atoms with Gasteiger partial charge in [0, 0.05) is 11.8 Å². The lowest BCUT2D eigenvalue weighted by Crippen LogP contribution is -2.05. The third kappa shape index (κ3) is 12.1. The highest BCUT2D eigenvalue weighted by Crippen LogP contribution is 2.59. The second kappa shape index (κ2) is 27.0. The van der Waals surface area contributed by atoms with Crippen molar-refractivity contribution in [3.05, 3.63) is 213 Å². The molecule has 0 spiro atoms. The van der Waals surface area contributed by atoms with Gasteiger partial charge in [-0.15, -0.1) is 0 Å². The molecule has 2 N–H and O–H groups in total. The van der Waals surface area contributed by atoms with E-state index in [1.807, 2.05) is 24.3 Å². The Bertz CT molecular complexity index is 3340. The molecule has 0 fully saturated rings. The standard InChI is InChI=1S/C80H90O2/c1-5-9-13-15-17-19-21-23-27-57-33-41-61(42-34-57)75-71-53-63(81)45-47-65(71)67-49-51-69-74(60-39-31-56(32-40-60)26-12-8-4)80-70(73(79(69)77(67)75)59-37-29-55(30-38-59)25-11-7-3)52-50-68-66-48-46-64(82)54-72(66)76(78(68)80)62-43-35-58(36-44-62)28-24-22-20-18-16-14-10-6-2/h29-54,75-76,81-82H,5-28H2,1-4H3. The Labute approximate surface area is 492 Å². The summed E-state index contributed by atoms with van der Waals surface area (Å²) in [7, 11) is 0. The molecule has 82 heavy (non-hydrogen) atoms. The molecule has 9 aromatic carbocycles. The second-order valence-electron chi connectivity index (χ2n) is 24.6. The highest BCUT2D eigenvalue weighted by atomic mass is 16.3. The maximum Gasteiger partial charge on any atom is 0.115 e. The third-order valence-electron chi connectivity index (χ3n) is 18.8. The molecule has 0 aromatic heterocycles. The highest BCUT2D eigenvalue weighted by molar-refractivity contribution is 6.25. The molecule has 2 atom stereocenters. The van der Waals surface area contributed by atoms with Gasteiger partial charge in [-0.05, 0) is 197 Å². The van der Waals surface area contributed by atoms with E-state index in [-0.39, 0.29) is 11.8 Å². The first kappa shape index (κ1) is 56.9. The molecule has 0 saturated heterocycles. The average molecular weight is 1080 g/mol. The van der Waals surface area contributed by atoms with Crippen LogP contribution in [0.15, 0.2) is 158 Å². The van der Waals surface area contributed by atoms with Crippen molar-refractivity contribution in [1.29, 1.82) is 0 Å². The second-order valence-corrected chi connectivity index (χ2v) is 24.6. The summed E-state index contributed by atoms with van der Waals surface area (Å²) < 4.78 is 0. The quantitative estimate of drug-likeness (QED) is 0.0379. The Morgan fingerprint density at radius 1 is 0.293 bits per heavy atom. The van der Waals surface area contributed by atoms with E-state index >= 15 is 0 Å². The predicted octanol–water partition coefficient (Wildman–Crippen LogP) is 23.1. The summed E-state index contributed by atoms with van der Waals surface area (Å²) in [6, 6.07) is 60.2. The lowest BCUT2D eigenvalue weighted by Gasteiger charge is -2.26. The molecule has 9 aromatic rings. The van der Waals surface area contributed by atoms with Crippen molar-refractivity contribution < 1.29 is 10.2 Å².